The molecule has 210 valence electrons. The number of fused-ring (bicyclic) bond motifs is 1. The van der Waals surface area contributed by atoms with Crippen LogP contribution in [0, 0.1) is 30.3 Å². The maximum absolute atomic E-state index is 15.5. The lowest BCUT2D eigenvalue weighted by atomic mass is 9.98. The van der Waals surface area contributed by atoms with Gasteiger partial charge in [-0.3, -0.25) is 4.79 Å². The van der Waals surface area contributed by atoms with E-state index in [1.54, 1.807) is 38.3 Å². The SMILES string of the molecule is CNC(=O)C1=C(Oc2cc(F)c3[nH]c(C)cc3c2F)C(C)C/C=C/N=C1Nc1ccc(N2CCNCC2)c(F)c1. The Kier molecular flexibility index (Phi) is 7.83. The van der Waals surface area contributed by atoms with Crippen LogP contribution in [-0.4, -0.2) is 50.0 Å². The molecule has 1 unspecified atom stereocenters. The minimum atomic E-state index is -0.758. The molecule has 3 aromatic rings. The minimum absolute atomic E-state index is 0.00362. The fourth-order valence-corrected chi connectivity index (χ4v) is 4.93. The first-order valence-corrected chi connectivity index (χ1v) is 13.1. The number of likely N-dealkylation sites (N-methyl/N-ethyl adjacent to an activating group) is 1. The molecular weight excluding hydrogens is 521 g/mol. The Morgan fingerprint density at radius 2 is 1.90 bits per heavy atom. The Morgan fingerprint density at radius 3 is 2.62 bits per heavy atom. The molecule has 40 heavy (non-hydrogen) atoms. The van der Waals surface area contributed by atoms with Crippen molar-refractivity contribution < 1.29 is 22.7 Å². The van der Waals surface area contributed by atoms with Gasteiger partial charge < -0.3 is 30.6 Å². The Hall–Kier alpha value is -4.25. The molecule has 3 heterocycles. The van der Waals surface area contributed by atoms with Crippen LogP contribution in [0.25, 0.3) is 10.9 Å². The zero-order chi connectivity index (χ0) is 28.4. The topological polar surface area (TPSA) is 93.8 Å². The zero-order valence-electron chi connectivity index (χ0n) is 22.5. The highest BCUT2D eigenvalue weighted by molar-refractivity contribution is 6.25. The molecule has 0 saturated carbocycles. The molecule has 1 aromatic heterocycles. The van der Waals surface area contributed by atoms with Crippen molar-refractivity contribution in [1.29, 1.82) is 0 Å². The molecule has 0 aliphatic carbocycles. The summed E-state index contributed by atoms with van der Waals surface area (Å²) in [5.74, 6) is -3.02. The third-order valence-electron chi connectivity index (χ3n) is 6.97. The van der Waals surface area contributed by atoms with E-state index >= 15 is 8.78 Å². The normalized spacial score (nSPS) is 18.7. The Bertz CT molecular complexity index is 1540. The molecule has 1 amide bonds. The van der Waals surface area contributed by atoms with Gasteiger partial charge in [0, 0.05) is 68.2 Å². The van der Waals surface area contributed by atoms with Gasteiger partial charge in [0.05, 0.1) is 11.2 Å². The van der Waals surface area contributed by atoms with Gasteiger partial charge in [0.25, 0.3) is 5.91 Å². The van der Waals surface area contributed by atoms with Crippen LogP contribution in [0.1, 0.15) is 19.0 Å². The Morgan fingerprint density at radius 1 is 1.12 bits per heavy atom. The average molecular weight is 553 g/mol. The zero-order valence-corrected chi connectivity index (χ0v) is 22.5. The van der Waals surface area contributed by atoms with Gasteiger partial charge in [0.2, 0.25) is 0 Å². The number of allylic oxidation sites excluding steroid dienone is 2. The number of aromatic amines is 1. The number of amidine groups is 1. The molecule has 1 atom stereocenters. The number of rotatable bonds is 5. The van der Waals surface area contributed by atoms with Gasteiger partial charge in [-0.15, -0.1) is 0 Å². The molecule has 0 bridgehead atoms. The maximum Gasteiger partial charge on any atom is 0.258 e. The van der Waals surface area contributed by atoms with E-state index < -0.39 is 29.3 Å². The number of H-pyrrole nitrogens is 1. The van der Waals surface area contributed by atoms with Crippen LogP contribution in [-0.2, 0) is 4.79 Å². The number of aryl methyl sites for hydroxylation is 1. The fraction of sp³-hybridized carbons (Fsp3) is 0.310. The molecule has 2 aliphatic rings. The summed E-state index contributed by atoms with van der Waals surface area (Å²) >= 11 is 0. The number of nitrogens with zero attached hydrogens (tertiary/aromatic N) is 2. The van der Waals surface area contributed by atoms with E-state index in [9.17, 15) is 9.18 Å². The van der Waals surface area contributed by atoms with Crippen LogP contribution in [0.3, 0.4) is 0 Å². The summed E-state index contributed by atoms with van der Waals surface area (Å²) < 4.78 is 51.5. The second-order valence-electron chi connectivity index (χ2n) is 9.86. The highest BCUT2D eigenvalue weighted by atomic mass is 19.1. The van der Waals surface area contributed by atoms with E-state index in [0.717, 1.165) is 19.2 Å². The Labute approximate surface area is 230 Å². The van der Waals surface area contributed by atoms with Crippen molar-refractivity contribution >= 4 is 34.0 Å². The van der Waals surface area contributed by atoms with Crippen molar-refractivity contribution in [2.45, 2.75) is 20.3 Å². The number of piperazine rings is 1. The number of aromatic nitrogens is 1. The second-order valence-corrected chi connectivity index (χ2v) is 9.86. The quantitative estimate of drug-likeness (QED) is 0.367. The fourth-order valence-electron chi connectivity index (χ4n) is 4.93. The molecule has 4 N–H and O–H groups in total. The Balaban J connectivity index is 1.55. The second kappa shape index (κ2) is 11.5. The summed E-state index contributed by atoms with van der Waals surface area (Å²) in [6.45, 7) is 6.42. The lowest BCUT2D eigenvalue weighted by molar-refractivity contribution is -0.116. The van der Waals surface area contributed by atoms with Gasteiger partial charge in [-0.05, 0) is 37.6 Å². The lowest BCUT2D eigenvalue weighted by Gasteiger charge is -2.30. The number of benzene rings is 2. The molecule has 1 saturated heterocycles. The van der Waals surface area contributed by atoms with E-state index in [1.807, 2.05) is 4.90 Å². The predicted molar refractivity (Wildman–Crippen MR) is 150 cm³/mol. The third-order valence-corrected chi connectivity index (χ3v) is 6.97. The van der Waals surface area contributed by atoms with Gasteiger partial charge >= 0.3 is 0 Å². The number of nitrogens with one attached hydrogen (secondary N) is 4. The number of aliphatic imine (C=N–C) groups is 1. The molecule has 11 heteroatoms. The number of ether oxygens (including phenoxy) is 1. The lowest BCUT2D eigenvalue weighted by Crippen LogP contribution is -2.43. The average Bonchev–Trinajstić information content (AvgIpc) is 3.35. The molecule has 2 aromatic carbocycles. The van der Waals surface area contributed by atoms with Gasteiger partial charge in [-0.2, -0.15) is 0 Å². The van der Waals surface area contributed by atoms with Gasteiger partial charge in [-0.1, -0.05) is 13.0 Å². The van der Waals surface area contributed by atoms with E-state index in [-0.39, 0.29) is 33.8 Å². The molecule has 1 fully saturated rings. The van der Waals surface area contributed by atoms with Gasteiger partial charge in [0.1, 0.15) is 23.0 Å². The van der Waals surface area contributed by atoms with Crippen LogP contribution >= 0.6 is 0 Å². The summed E-state index contributed by atoms with van der Waals surface area (Å²) in [6, 6.07) is 7.17. The number of amides is 1. The first-order chi connectivity index (χ1) is 19.3. The first-order valence-electron chi connectivity index (χ1n) is 13.1. The summed E-state index contributed by atoms with van der Waals surface area (Å²) in [4.78, 5) is 22.4. The summed E-state index contributed by atoms with van der Waals surface area (Å²) in [5, 5.41) is 8.90. The third kappa shape index (κ3) is 5.42. The largest absolute Gasteiger partial charge is 0.457 e. The molecular formula is C29H31F3N6O2. The molecule has 8 nitrogen and oxygen atoms in total. The van der Waals surface area contributed by atoms with Crippen LogP contribution < -0.4 is 25.6 Å². The van der Waals surface area contributed by atoms with Crippen molar-refractivity contribution in [2.24, 2.45) is 10.9 Å². The van der Waals surface area contributed by atoms with E-state index in [1.165, 1.54) is 19.2 Å². The highest BCUT2D eigenvalue weighted by Gasteiger charge is 2.29. The molecule has 0 radical (unpaired) electrons. The number of carbonyl (C=O) groups excluding carboxylic acids is 1. The monoisotopic (exact) mass is 552 g/mol. The number of hydrogen-bond donors (Lipinski definition) is 4. The van der Waals surface area contributed by atoms with Crippen LogP contribution in [0.2, 0.25) is 0 Å². The molecule has 2 aliphatic heterocycles. The minimum Gasteiger partial charge on any atom is -0.457 e. The number of carbonyl (C=O) groups is 1. The van der Waals surface area contributed by atoms with Gasteiger partial charge in [0.15, 0.2) is 17.4 Å². The van der Waals surface area contributed by atoms with Crippen molar-refractivity contribution in [1.82, 2.24) is 15.6 Å². The van der Waals surface area contributed by atoms with E-state index in [2.05, 4.69) is 25.9 Å². The van der Waals surface area contributed by atoms with Gasteiger partial charge in [-0.25, -0.2) is 18.2 Å². The highest BCUT2D eigenvalue weighted by Crippen LogP contribution is 2.34. The van der Waals surface area contributed by atoms with Crippen molar-refractivity contribution in [3.8, 4) is 5.75 Å². The first kappa shape index (κ1) is 27.3. The van der Waals surface area contributed by atoms with Crippen LogP contribution in [0.4, 0.5) is 24.5 Å². The standard InChI is InChI=1S/C29H31F3N6O2/c1-16-5-4-8-35-28(37-18-6-7-22(20(30)14-18)38-11-9-34-10-12-38)24(29(39)33-3)27(16)40-23-15-21(31)26-19(25(23)32)13-17(2)36-26/h4,6-8,13-16,34,36H,5,9-12H2,1-3H3,(H,33,39)(H,35,37)/b8-4+,27-24?. The number of hydrogen-bond acceptors (Lipinski definition) is 6. The maximum atomic E-state index is 15.5. The van der Waals surface area contributed by atoms with Crippen molar-refractivity contribution in [3.63, 3.8) is 0 Å². The van der Waals surface area contributed by atoms with Crippen molar-refractivity contribution in [3.05, 3.63) is 77.1 Å². The smallest absolute Gasteiger partial charge is 0.258 e. The predicted octanol–water partition coefficient (Wildman–Crippen LogP) is 4.75. The number of halogens is 3. The van der Waals surface area contributed by atoms with E-state index in [0.29, 0.717) is 36.6 Å². The molecule has 5 rings (SSSR count). The number of anilines is 2. The van der Waals surface area contributed by atoms with Crippen molar-refractivity contribution in [2.75, 3.05) is 43.4 Å². The molecule has 0 spiro atoms. The summed E-state index contributed by atoms with van der Waals surface area (Å²) in [5.41, 5.74) is 1.47. The van der Waals surface area contributed by atoms with Crippen LogP contribution in [0.15, 0.2) is 58.9 Å². The summed E-state index contributed by atoms with van der Waals surface area (Å²) in [6.07, 6.45) is 3.75. The van der Waals surface area contributed by atoms with E-state index in [4.69, 9.17) is 4.74 Å². The van der Waals surface area contributed by atoms with Crippen LogP contribution in [0.5, 0.6) is 5.75 Å². The summed E-state index contributed by atoms with van der Waals surface area (Å²) in [7, 11) is 1.45.